The average Bonchev–Trinajstić information content (AvgIpc) is 3.14. The first-order chi connectivity index (χ1) is 11.6. The molecule has 0 radical (unpaired) electrons. The van der Waals surface area contributed by atoms with Crippen molar-refractivity contribution < 1.29 is 9.53 Å². The van der Waals surface area contributed by atoms with Crippen molar-refractivity contribution in [1.29, 1.82) is 0 Å². The van der Waals surface area contributed by atoms with Gasteiger partial charge in [0, 0.05) is 33.4 Å². The van der Waals surface area contributed by atoms with E-state index in [4.69, 9.17) is 4.74 Å². The second kappa shape index (κ2) is 7.72. The van der Waals surface area contributed by atoms with Gasteiger partial charge in [-0.05, 0) is 30.5 Å². The third-order valence-corrected chi connectivity index (χ3v) is 4.85. The highest BCUT2D eigenvalue weighted by molar-refractivity contribution is 7.11. The van der Waals surface area contributed by atoms with E-state index in [-0.39, 0.29) is 12.0 Å². The maximum Gasteiger partial charge on any atom is 0.265 e. The summed E-state index contributed by atoms with van der Waals surface area (Å²) in [6.45, 7) is 1.88. The van der Waals surface area contributed by atoms with Gasteiger partial charge in [-0.3, -0.25) is 9.78 Å². The highest BCUT2D eigenvalue weighted by atomic mass is 32.1. The Hall–Kier alpha value is -1.99. The summed E-state index contributed by atoms with van der Waals surface area (Å²) in [5.41, 5.74) is 2.93. The van der Waals surface area contributed by atoms with Gasteiger partial charge in [0.2, 0.25) is 0 Å². The molecule has 1 atom stereocenters. The van der Waals surface area contributed by atoms with Crippen LogP contribution in [0.25, 0.3) is 0 Å². The van der Waals surface area contributed by atoms with Crippen molar-refractivity contribution in [2.45, 2.75) is 18.9 Å². The number of hydrogen-bond donors (Lipinski definition) is 0. The molecule has 2 aromatic rings. The third-order valence-electron chi connectivity index (χ3n) is 4.09. The molecule has 1 amide bonds. The van der Waals surface area contributed by atoms with Crippen LogP contribution in [0.5, 0.6) is 0 Å². The summed E-state index contributed by atoms with van der Waals surface area (Å²) >= 11 is 1.39. The quantitative estimate of drug-likeness (QED) is 0.830. The van der Waals surface area contributed by atoms with Crippen molar-refractivity contribution in [2.75, 3.05) is 38.7 Å². The van der Waals surface area contributed by atoms with Crippen LogP contribution >= 0.6 is 11.3 Å². The number of aryl methyl sites for hydroxylation is 1. The van der Waals surface area contributed by atoms with E-state index in [0.29, 0.717) is 24.6 Å². The van der Waals surface area contributed by atoms with Crippen molar-refractivity contribution in [3.63, 3.8) is 0 Å². The summed E-state index contributed by atoms with van der Waals surface area (Å²) in [6.07, 6.45) is 5.36. The number of rotatable bonds is 5. The fraction of sp³-hybridized carbons (Fsp3) is 0.471. The van der Waals surface area contributed by atoms with Crippen molar-refractivity contribution >= 4 is 23.1 Å². The van der Waals surface area contributed by atoms with Gasteiger partial charge in [-0.25, -0.2) is 4.98 Å². The van der Waals surface area contributed by atoms with Gasteiger partial charge in [-0.15, -0.1) is 11.3 Å². The molecule has 0 aromatic carbocycles. The number of ether oxygens (including phenoxy) is 1. The number of carbonyl (C=O) groups is 1. The Morgan fingerprint density at radius 3 is 3.12 bits per heavy atom. The van der Waals surface area contributed by atoms with E-state index in [9.17, 15) is 4.79 Å². The van der Waals surface area contributed by atoms with Crippen LogP contribution in [0.3, 0.4) is 0 Å². The van der Waals surface area contributed by atoms with Crippen LogP contribution in [0.4, 0.5) is 5.82 Å². The van der Waals surface area contributed by atoms with Crippen LogP contribution in [-0.4, -0.2) is 60.7 Å². The average molecular weight is 346 g/mol. The Bertz CT molecular complexity index is 675. The van der Waals surface area contributed by atoms with E-state index in [1.807, 2.05) is 36.2 Å². The van der Waals surface area contributed by atoms with Crippen LogP contribution in [0.15, 0.2) is 30.0 Å². The lowest BCUT2D eigenvalue weighted by atomic mass is 10.1. The minimum Gasteiger partial charge on any atom is -0.375 e. The number of hydrogen-bond acceptors (Lipinski definition) is 6. The van der Waals surface area contributed by atoms with Crippen LogP contribution in [0, 0.1) is 0 Å². The van der Waals surface area contributed by atoms with E-state index in [2.05, 4.69) is 16.0 Å². The second-order valence-corrected chi connectivity index (χ2v) is 6.95. The molecule has 6 nitrogen and oxygen atoms in total. The lowest BCUT2D eigenvalue weighted by Crippen LogP contribution is -2.45. The fourth-order valence-corrected chi connectivity index (χ4v) is 3.33. The lowest BCUT2D eigenvalue weighted by molar-refractivity contribution is -0.0244. The van der Waals surface area contributed by atoms with Crippen LogP contribution in [0.2, 0.25) is 0 Å². The van der Waals surface area contributed by atoms with Crippen LogP contribution in [0.1, 0.15) is 21.7 Å². The summed E-state index contributed by atoms with van der Waals surface area (Å²) in [4.78, 5) is 25.3. The zero-order valence-electron chi connectivity index (χ0n) is 14.0. The van der Waals surface area contributed by atoms with Gasteiger partial charge in [-0.1, -0.05) is 0 Å². The molecule has 3 rings (SSSR count). The van der Waals surface area contributed by atoms with E-state index in [0.717, 1.165) is 18.7 Å². The predicted octanol–water partition coefficient (Wildman–Crippen LogP) is 2.08. The third kappa shape index (κ3) is 4.10. The van der Waals surface area contributed by atoms with Gasteiger partial charge < -0.3 is 14.5 Å². The van der Waals surface area contributed by atoms with E-state index in [1.165, 1.54) is 16.9 Å². The minimum absolute atomic E-state index is 0.0598. The molecule has 1 aliphatic rings. The highest BCUT2D eigenvalue weighted by Crippen LogP contribution is 2.18. The summed E-state index contributed by atoms with van der Waals surface area (Å²) < 4.78 is 5.84. The zero-order valence-corrected chi connectivity index (χ0v) is 14.8. The molecule has 24 heavy (non-hydrogen) atoms. The molecule has 0 saturated carbocycles. The Labute approximate surface area is 146 Å². The summed E-state index contributed by atoms with van der Waals surface area (Å²) in [6, 6.07) is 4.14. The number of carbonyl (C=O) groups excluding carboxylic acids is 1. The minimum atomic E-state index is 0.0598. The molecular weight excluding hydrogens is 324 g/mol. The first kappa shape index (κ1) is 16.9. The summed E-state index contributed by atoms with van der Waals surface area (Å²) in [5.74, 6) is 1.02. The number of morpholine rings is 1. The number of amides is 1. The first-order valence-corrected chi connectivity index (χ1v) is 8.93. The van der Waals surface area contributed by atoms with E-state index >= 15 is 0 Å². The SMILES string of the molecule is CN(C)c1cc(CC[C@H]2CN(C(=O)c3cncs3)CCO2)ccn1. The maximum atomic E-state index is 12.4. The molecule has 0 N–H and O–H groups in total. The van der Waals surface area contributed by atoms with Gasteiger partial charge in [-0.2, -0.15) is 0 Å². The smallest absolute Gasteiger partial charge is 0.265 e. The normalized spacial score (nSPS) is 17.8. The molecule has 0 aliphatic carbocycles. The Balaban J connectivity index is 1.56. The molecule has 1 fully saturated rings. The highest BCUT2D eigenvalue weighted by Gasteiger charge is 2.25. The second-order valence-electron chi connectivity index (χ2n) is 6.07. The van der Waals surface area contributed by atoms with E-state index in [1.54, 1.807) is 11.7 Å². The Kier molecular flexibility index (Phi) is 5.42. The van der Waals surface area contributed by atoms with Crippen molar-refractivity contribution in [1.82, 2.24) is 14.9 Å². The molecule has 1 saturated heterocycles. The first-order valence-electron chi connectivity index (χ1n) is 8.05. The number of pyridine rings is 1. The molecule has 128 valence electrons. The molecule has 0 unspecified atom stereocenters. The molecule has 3 heterocycles. The van der Waals surface area contributed by atoms with Crippen molar-refractivity contribution in [3.05, 3.63) is 40.5 Å². The van der Waals surface area contributed by atoms with Crippen LogP contribution < -0.4 is 4.90 Å². The molecule has 0 bridgehead atoms. The lowest BCUT2D eigenvalue weighted by Gasteiger charge is -2.32. The Morgan fingerprint density at radius 2 is 2.38 bits per heavy atom. The summed E-state index contributed by atoms with van der Waals surface area (Å²) in [5, 5.41) is 0. The molecular formula is C17H22N4O2S. The maximum absolute atomic E-state index is 12.4. The molecule has 7 heteroatoms. The van der Waals surface area contributed by atoms with E-state index < -0.39 is 0 Å². The van der Waals surface area contributed by atoms with Gasteiger partial charge >= 0.3 is 0 Å². The number of aromatic nitrogens is 2. The standard InChI is InChI=1S/C17H22N4O2S/c1-20(2)16-9-13(5-6-19-16)3-4-14-11-21(7-8-23-14)17(22)15-10-18-12-24-15/h5-6,9-10,12,14H,3-4,7-8,11H2,1-2H3/t14-/m0/s1. The van der Waals surface area contributed by atoms with Gasteiger partial charge in [0.25, 0.3) is 5.91 Å². The van der Waals surface area contributed by atoms with Crippen LogP contribution in [-0.2, 0) is 11.2 Å². The molecule has 0 spiro atoms. The fourth-order valence-electron chi connectivity index (χ4n) is 2.74. The van der Waals surface area contributed by atoms with Gasteiger partial charge in [0.15, 0.2) is 0 Å². The number of nitrogens with zero attached hydrogens (tertiary/aromatic N) is 4. The largest absolute Gasteiger partial charge is 0.375 e. The zero-order chi connectivity index (χ0) is 16.9. The Morgan fingerprint density at radius 1 is 1.50 bits per heavy atom. The van der Waals surface area contributed by atoms with Crippen molar-refractivity contribution in [3.8, 4) is 0 Å². The topological polar surface area (TPSA) is 58.6 Å². The number of thiazole rings is 1. The summed E-state index contributed by atoms with van der Waals surface area (Å²) in [7, 11) is 3.97. The molecule has 2 aromatic heterocycles. The number of anilines is 1. The predicted molar refractivity (Wildman–Crippen MR) is 94.6 cm³/mol. The van der Waals surface area contributed by atoms with Gasteiger partial charge in [0.05, 0.1) is 24.4 Å². The van der Waals surface area contributed by atoms with Gasteiger partial charge in [0.1, 0.15) is 10.7 Å². The monoisotopic (exact) mass is 346 g/mol. The van der Waals surface area contributed by atoms with Crippen molar-refractivity contribution in [2.24, 2.45) is 0 Å². The molecule has 1 aliphatic heterocycles.